The van der Waals surface area contributed by atoms with Crippen LogP contribution in [0.5, 0.6) is 0 Å². The lowest BCUT2D eigenvalue weighted by atomic mass is 10.1. The lowest BCUT2D eigenvalue weighted by Crippen LogP contribution is -2.27. The van der Waals surface area contributed by atoms with Crippen LogP contribution >= 0.6 is 23.5 Å². The van der Waals surface area contributed by atoms with Gasteiger partial charge in [-0.2, -0.15) is 0 Å². The van der Waals surface area contributed by atoms with Gasteiger partial charge in [0.1, 0.15) is 0 Å². The van der Waals surface area contributed by atoms with Gasteiger partial charge in [-0.25, -0.2) is 4.90 Å². The van der Waals surface area contributed by atoms with Crippen molar-refractivity contribution >= 4 is 56.8 Å². The summed E-state index contributed by atoms with van der Waals surface area (Å²) < 4.78 is 0. The summed E-state index contributed by atoms with van der Waals surface area (Å²) in [5, 5.41) is 3.23. The van der Waals surface area contributed by atoms with Crippen LogP contribution in [-0.4, -0.2) is 17.7 Å². The molecule has 1 saturated heterocycles. The Morgan fingerprint density at radius 3 is 2.43 bits per heavy atom. The molecule has 0 bridgehead atoms. The minimum absolute atomic E-state index is 0.267. The predicted octanol–water partition coefficient (Wildman–Crippen LogP) is 6.40. The van der Waals surface area contributed by atoms with E-state index >= 15 is 0 Å². The van der Waals surface area contributed by atoms with Crippen LogP contribution < -0.4 is 9.80 Å². The summed E-state index contributed by atoms with van der Waals surface area (Å²) in [6.07, 6.45) is 3.72. The molecule has 2 aliphatic heterocycles. The van der Waals surface area contributed by atoms with E-state index in [-0.39, 0.29) is 11.1 Å². The van der Waals surface area contributed by atoms with E-state index in [4.69, 9.17) is 0 Å². The lowest BCUT2D eigenvalue weighted by Gasteiger charge is -2.17. The fraction of sp³-hybridized carbons (Fsp3) is 0.0833. The number of amides is 2. The minimum atomic E-state index is -0.276. The quantitative estimate of drug-likeness (QED) is 0.450. The molecule has 0 spiro atoms. The third kappa shape index (κ3) is 3.13. The van der Waals surface area contributed by atoms with Gasteiger partial charge in [0.25, 0.3) is 11.1 Å². The van der Waals surface area contributed by atoms with Crippen molar-refractivity contribution < 1.29 is 9.59 Å². The molecule has 0 radical (unpaired) electrons. The number of nitrogens with zero attached hydrogens (tertiary/aromatic N) is 2. The summed E-state index contributed by atoms with van der Waals surface area (Å²) >= 11 is 2.69. The van der Waals surface area contributed by atoms with Gasteiger partial charge in [-0.1, -0.05) is 60.3 Å². The number of hydrogen-bond acceptors (Lipinski definition) is 5. The van der Waals surface area contributed by atoms with E-state index in [1.54, 1.807) is 30.0 Å². The van der Waals surface area contributed by atoms with E-state index in [9.17, 15) is 9.59 Å². The van der Waals surface area contributed by atoms with E-state index in [0.29, 0.717) is 10.6 Å². The number of imide groups is 1. The highest BCUT2D eigenvalue weighted by Crippen LogP contribution is 2.49. The van der Waals surface area contributed by atoms with Gasteiger partial charge in [0, 0.05) is 11.4 Å². The predicted molar refractivity (Wildman–Crippen MR) is 126 cm³/mol. The Kier molecular flexibility index (Phi) is 4.89. The molecule has 148 valence electrons. The number of thioether (sulfide) groups is 2. The van der Waals surface area contributed by atoms with Crippen molar-refractivity contribution in [3.05, 3.63) is 88.8 Å². The Morgan fingerprint density at radius 1 is 0.867 bits per heavy atom. The van der Waals surface area contributed by atoms with Crippen molar-refractivity contribution in [1.29, 1.82) is 0 Å². The second kappa shape index (κ2) is 7.70. The summed E-state index contributed by atoms with van der Waals surface area (Å²) in [6.45, 7) is 2.94. The molecule has 6 heteroatoms. The molecule has 0 aromatic heterocycles. The first kappa shape index (κ1) is 19.0. The van der Waals surface area contributed by atoms with Gasteiger partial charge in [-0.3, -0.25) is 9.59 Å². The first-order chi connectivity index (χ1) is 14.7. The summed E-state index contributed by atoms with van der Waals surface area (Å²) in [7, 11) is 0. The standard InChI is InChI=1S/C24H18N2O2S2/c1-2-25-19-13-12-16-8-6-7-11-18(16)22(19)30-21(25)15-14-20-23(27)26(24(28)29-20)17-9-4-3-5-10-17/h3-15H,2H2,1H3. The van der Waals surface area contributed by atoms with Gasteiger partial charge in [-0.05, 0) is 59.8 Å². The summed E-state index contributed by atoms with van der Waals surface area (Å²) in [4.78, 5) is 30.4. The van der Waals surface area contributed by atoms with Gasteiger partial charge in [0.05, 0.1) is 21.3 Å². The summed E-state index contributed by atoms with van der Waals surface area (Å²) in [5.41, 5.74) is 1.78. The molecule has 1 fully saturated rings. The summed E-state index contributed by atoms with van der Waals surface area (Å²) in [6, 6.07) is 21.7. The van der Waals surface area contributed by atoms with Crippen LogP contribution in [0.1, 0.15) is 6.92 Å². The number of anilines is 2. The van der Waals surface area contributed by atoms with Crippen molar-refractivity contribution in [3.63, 3.8) is 0 Å². The van der Waals surface area contributed by atoms with E-state index in [0.717, 1.165) is 23.3 Å². The van der Waals surface area contributed by atoms with Crippen LogP contribution in [0.4, 0.5) is 16.2 Å². The van der Waals surface area contributed by atoms with Crippen molar-refractivity contribution in [3.8, 4) is 0 Å². The molecule has 2 heterocycles. The maximum Gasteiger partial charge on any atom is 0.298 e. The highest BCUT2D eigenvalue weighted by molar-refractivity contribution is 8.18. The Balaban J connectivity index is 1.48. The SMILES string of the molecule is CCN1C(=CC=C2SC(=O)N(c3ccccc3)C2=O)Sc2c1ccc1ccccc21. The fourth-order valence-electron chi connectivity index (χ4n) is 3.71. The average Bonchev–Trinajstić information content (AvgIpc) is 3.28. The van der Waals surface area contributed by atoms with E-state index in [1.807, 2.05) is 30.3 Å². The van der Waals surface area contributed by atoms with Gasteiger partial charge in [0.2, 0.25) is 0 Å². The zero-order valence-corrected chi connectivity index (χ0v) is 17.9. The molecule has 3 aromatic rings. The maximum atomic E-state index is 12.8. The van der Waals surface area contributed by atoms with Crippen molar-refractivity contribution in [1.82, 2.24) is 0 Å². The van der Waals surface area contributed by atoms with Gasteiger partial charge >= 0.3 is 0 Å². The van der Waals surface area contributed by atoms with E-state index in [2.05, 4.69) is 42.2 Å². The molecule has 5 rings (SSSR count). The van der Waals surface area contributed by atoms with Crippen LogP contribution in [0.15, 0.2) is 93.7 Å². The molecule has 0 atom stereocenters. The number of hydrogen-bond donors (Lipinski definition) is 0. The van der Waals surface area contributed by atoms with E-state index < -0.39 is 0 Å². The zero-order valence-electron chi connectivity index (χ0n) is 16.2. The van der Waals surface area contributed by atoms with Crippen LogP contribution in [0.3, 0.4) is 0 Å². The molecule has 2 aliphatic rings. The second-order valence-corrected chi connectivity index (χ2v) is 8.89. The zero-order chi connectivity index (χ0) is 20.7. The molecule has 30 heavy (non-hydrogen) atoms. The second-order valence-electron chi connectivity index (χ2n) is 6.86. The minimum Gasteiger partial charge on any atom is -0.335 e. The number of allylic oxidation sites excluding steroid dienone is 2. The summed E-state index contributed by atoms with van der Waals surface area (Å²) in [5.74, 6) is -0.276. The van der Waals surface area contributed by atoms with Crippen molar-refractivity contribution in [2.75, 3.05) is 16.3 Å². The molecule has 4 nitrogen and oxygen atoms in total. The molecule has 2 amide bonds. The topological polar surface area (TPSA) is 40.6 Å². The van der Waals surface area contributed by atoms with Gasteiger partial charge in [-0.15, -0.1) is 0 Å². The third-order valence-corrected chi connectivity index (χ3v) is 7.21. The maximum absolute atomic E-state index is 12.8. The molecule has 0 aliphatic carbocycles. The number of carbonyl (C=O) groups excluding carboxylic acids is 2. The molecular formula is C24H18N2O2S2. The molecule has 3 aromatic carbocycles. The van der Waals surface area contributed by atoms with Crippen LogP contribution in [0, 0.1) is 0 Å². The molecule has 0 unspecified atom stereocenters. The van der Waals surface area contributed by atoms with Gasteiger partial charge < -0.3 is 4.90 Å². The van der Waals surface area contributed by atoms with Crippen LogP contribution in [0.2, 0.25) is 0 Å². The molecule has 0 saturated carbocycles. The van der Waals surface area contributed by atoms with Crippen molar-refractivity contribution in [2.24, 2.45) is 0 Å². The first-order valence-electron chi connectivity index (χ1n) is 9.68. The Bertz CT molecular complexity index is 1230. The normalized spacial score (nSPS) is 18.8. The van der Waals surface area contributed by atoms with E-state index in [1.165, 1.54) is 26.3 Å². The third-order valence-electron chi connectivity index (χ3n) is 5.12. The number of fused-ring (bicyclic) bond motifs is 3. The number of rotatable bonds is 3. The monoisotopic (exact) mass is 430 g/mol. The average molecular weight is 431 g/mol. The fourth-order valence-corrected chi connectivity index (χ4v) is 5.75. The number of benzene rings is 3. The molecular weight excluding hydrogens is 412 g/mol. The first-order valence-corrected chi connectivity index (χ1v) is 11.3. The number of carbonyl (C=O) groups is 2. The lowest BCUT2D eigenvalue weighted by molar-refractivity contribution is -0.113. The van der Waals surface area contributed by atoms with Crippen molar-refractivity contribution in [2.45, 2.75) is 11.8 Å². The highest BCUT2D eigenvalue weighted by atomic mass is 32.2. The Morgan fingerprint density at radius 2 is 1.63 bits per heavy atom. The van der Waals surface area contributed by atoms with Crippen LogP contribution in [-0.2, 0) is 4.79 Å². The Labute approximate surface area is 183 Å². The highest BCUT2D eigenvalue weighted by Gasteiger charge is 2.36. The Hall–Kier alpha value is -2.96. The number of para-hydroxylation sites is 1. The van der Waals surface area contributed by atoms with Crippen LogP contribution in [0.25, 0.3) is 10.8 Å². The smallest absolute Gasteiger partial charge is 0.298 e. The van der Waals surface area contributed by atoms with Gasteiger partial charge in [0.15, 0.2) is 0 Å². The largest absolute Gasteiger partial charge is 0.335 e. The molecule has 0 N–H and O–H groups in total.